The summed E-state index contributed by atoms with van der Waals surface area (Å²) in [6.07, 6.45) is 1.79. The Morgan fingerprint density at radius 3 is 1.71 bits per heavy atom. The van der Waals surface area contributed by atoms with Gasteiger partial charge in [0.25, 0.3) is 0 Å². The van der Waals surface area contributed by atoms with Gasteiger partial charge in [-0.3, -0.25) is 4.90 Å². The van der Waals surface area contributed by atoms with E-state index in [1.807, 2.05) is 13.8 Å². The first-order chi connectivity index (χ1) is 6.52. The van der Waals surface area contributed by atoms with E-state index in [0.717, 1.165) is 12.8 Å². The Labute approximate surface area is 89.3 Å². The molecular weight excluding hydrogens is 174 g/mol. The minimum Gasteiger partial charge on any atom is -0.393 e. The van der Waals surface area contributed by atoms with Gasteiger partial charge in [0, 0.05) is 18.1 Å². The lowest BCUT2D eigenvalue weighted by Gasteiger charge is -2.43. The molecule has 0 spiro atoms. The predicted octanol–water partition coefficient (Wildman–Crippen LogP) is 2.65. The molecule has 2 atom stereocenters. The van der Waals surface area contributed by atoms with Gasteiger partial charge in [0.05, 0.1) is 6.10 Å². The van der Waals surface area contributed by atoms with Gasteiger partial charge in [0.1, 0.15) is 0 Å². The van der Waals surface area contributed by atoms with Crippen molar-refractivity contribution in [2.75, 3.05) is 0 Å². The fourth-order valence-corrected chi connectivity index (χ4v) is 2.58. The number of piperidine rings is 1. The van der Waals surface area contributed by atoms with E-state index in [2.05, 4.69) is 32.6 Å². The van der Waals surface area contributed by atoms with Crippen molar-refractivity contribution in [3.8, 4) is 0 Å². The normalized spacial score (nSPS) is 33.9. The Balaban J connectivity index is 0.000000791. The van der Waals surface area contributed by atoms with E-state index in [4.69, 9.17) is 0 Å². The molecule has 0 amide bonds. The molecule has 0 aliphatic carbocycles. The Morgan fingerprint density at radius 2 is 1.43 bits per heavy atom. The van der Waals surface area contributed by atoms with Crippen molar-refractivity contribution in [3.63, 3.8) is 0 Å². The minimum absolute atomic E-state index is 0.0787. The summed E-state index contributed by atoms with van der Waals surface area (Å²) in [4.78, 5) is 2.49. The zero-order valence-corrected chi connectivity index (χ0v) is 10.6. The molecule has 86 valence electrons. The molecule has 0 bridgehead atoms. The highest BCUT2D eigenvalue weighted by atomic mass is 16.3. The van der Waals surface area contributed by atoms with Crippen molar-refractivity contribution >= 4 is 0 Å². The van der Waals surface area contributed by atoms with E-state index in [1.165, 1.54) is 0 Å². The van der Waals surface area contributed by atoms with E-state index in [0.29, 0.717) is 18.1 Å². The Kier molecular flexibility index (Phi) is 6.38. The first-order valence-corrected chi connectivity index (χ1v) is 5.98. The van der Waals surface area contributed by atoms with Crippen LogP contribution in [0.25, 0.3) is 0 Å². The molecule has 1 heterocycles. The van der Waals surface area contributed by atoms with Crippen molar-refractivity contribution in [3.05, 3.63) is 0 Å². The van der Waals surface area contributed by atoms with Crippen molar-refractivity contribution in [1.82, 2.24) is 4.90 Å². The molecule has 2 heteroatoms. The third-order valence-electron chi connectivity index (χ3n) is 2.84. The second kappa shape index (κ2) is 6.41. The molecular formula is C12H27NO. The summed E-state index contributed by atoms with van der Waals surface area (Å²) in [5.74, 6) is 0. The molecule has 14 heavy (non-hydrogen) atoms. The molecule has 2 nitrogen and oxygen atoms in total. The maximum atomic E-state index is 9.52. The van der Waals surface area contributed by atoms with Crippen LogP contribution in [-0.4, -0.2) is 34.2 Å². The number of likely N-dealkylation sites (tertiary alicyclic amines) is 1. The van der Waals surface area contributed by atoms with Crippen molar-refractivity contribution < 1.29 is 5.11 Å². The van der Waals surface area contributed by atoms with Gasteiger partial charge in [-0.05, 0) is 40.5 Å². The molecule has 2 unspecified atom stereocenters. The third-order valence-corrected chi connectivity index (χ3v) is 2.84. The minimum atomic E-state index is -0.0787. The maximum absolute atomic E-state index is 9.52. The van der Waals surface area contributed by atoms with Crippen LogP contribution in [0.5, 0.6) is 0 Å². The second-order valence-electron chi connectivity index (χ2n) is 4.36. The third kappa shape index (κ3) is 3.58. The lowest BCUT2D eigenvalue weighted by Crippen LogP contribution is -2.51. The smallest absolute Gasteiger partial charge is 0.0569 e. The molecule has 1 aliphatic rings. The topological polar surface area (TPSA) is 23.5 Å². The summed E-state index contributed by atoms with van der Waals surface area (Å²) in [6.45, 7) is 12.9. The highest BCUT2D eigenvalue weighted by Gasteiger charge is 2.30. The van der Waals surface area contributed by atoms with Crippen LogP contribution in [0.2, 0.25) is 0 Å². The van der Waals surface area contributed by atoms with Gasteiger partial charge in [-0.25, -0.2) is 0 Å². The first kappa shape index (κ1) is 13.9. The Morgan fingerprint density at radius 1 is 1.07 bits per heavy atom. The van der Waals surface area contributed by atoms with Crippen molar-refractivity contribution in [1.29, 1.82) is 0 Å². The van der Waals surface area contributed by atoms with Gasteiger partial charge < -0.3 is 5.11 Å². The van der Waals surface area contributed by atoms with Crippen LogP contribution in [0.4, 0.5) is 0 Å². The SMILES string of the molecule is CC.CC(C)N1C(C)CC(O)CC1C. The molecule has 0 aromatic rings. The molecule has 1 rings (SSSR count). The summed E-state index contributed by atoms with van der Waals surface area (Å²) in [7, 11) is 0. The van der Waals surface area contributed by atoms with E-state index >= 15 is 0 Å². The van der Waals surface area contributed by atoms with E-state index in [-0.39, 0.29) is 6.10 Å². The lowest BCUT2D eigenvalue weighted by molar-refractivity contribution is -0.00378. The molecule has 1 aliphatic heterocycles. The fraction of sp³-hybridized carbons (Fsp3) is 1.00. The zero-order valence-electron chi connectivity index (χ0n) is 10.6. The lowest BCUT2D eigenvalue weighted by atomic mass is 9.93. The quantitative estimate of drug-likeness (QED) is 0.705. The maximum Gasteiger partial charge on any atom is 0.0569 e. The van der Waals surface area contributed by atoms with Gasteiger partial charge in [-0.1, -0.05) is 13.8 Å². The number of aliphatic hydroxyl groups excluding tert-OH is 1. The molecule has 0 aromatic carbocycles. The van der Waals surface area contributed by atoms with Gasteiger partial charge >= 0.3 is 0 Å². The molecule has 0 radical (unpaired) electrons. The van der Waals surface area contributed by atoms with Gasteiger partial charge in [0.15, 0.2) is 0 Å². The average molecular weight is 201 g/mol. The van der Waals surface area contributed by atoms with Crippen LogP contribution in [0.3, 0.4) is 0 Å². The van der Waals surface area contributed by atoms with Gasteiger partial charge in [-0.2, -0.15) is 0 Å². The van der Waals surface area contributed by atoms with Crippen molar-refractivity contribution in [2.24, 2.45) is 0 Å². The summed E-state index contributed by atoms with van der Waals surface area (Å²) >= 11 is 0. The first-order valence-electron chi connectivity index (χ1n) is 5.98. The van der Waals surface area contributed by atoms with Gasteiger partial charge in [-0.15, -0.1) is 0 Å². The predicted molar refractivity (Wildman–Crippen MR) is 62.5 cm³/mol. The highest BCUT2D eigenvalue weighted by molar-refractivity contribution is 4.85. The second-order valence-corrected chi connectivity index (χ2v) is 4.36. The number of nitrogens with zero attached hydrogens (tertiary/aromatic N) is 1. The number of aliphatic hydroxyl groups is 1. The zero-order chi connectivity index (χ0) is 11.3. The summed E-state index contributed by atoms with van der Waals surface area (Å²) < 4.78 is 0. The summed E-state index contributed by atoms with van der Waals surface area (Å²) in [5.41, 5.74) is 0. The van der Waals surface area contributed by atoms with Crippen LogP contribution in [0.15, 0.2) is 0 Å². The van der Waals surface area contributed by atoms with Crippen LogP contribution < -0.4 is 0 Å². The molecule has 1 fully saturated rings. The van der Waals surface area contributed by atoms with Gasteiger partial charge in [0.2, 0.25) is 0 Å². The molecule has 1 saturated heterocycles. The number of hydrogen-bond donors (Lipinski definition) is 1. The molecule has 0 saturated carbocycles. The molecule has 1 N–H and O–H groups in total. The summed E-state index contributed by atoms with van der Waals surface area (Å²) in [5, 5.41) is 9.52. The number of rotatable bonds is 1. The Hall–Kier alpha value is -0.0800. The standard InChI is InChI=1S/C10H21NO.C2H6/c1-7(2)11-8(3)5-10(12)6-9(11)4;1-2/h7-10,12H,5-6H2,1-4H3;1-2H3. The van der Waals surface area contributed by atoms with Crippen LogP contribution in [-0.2, 0) is 0 Å². The average Bonchev–Trinajstić information content (AvgIpc) is 2.04. The monoisotopic (exact) mass is 201 g/mol. The molecule has 0 aromatic heterocycles. The fourth-order valence-electron chi connectivity index (χ4n) is 2.58. The van der Waals surface area contributed by atoms with E-state index in [1.54, 1.807) is 0 Å². The van der Waals surface area contributed by atoms with Crippen LogP contribution in [0, 0.1) is 0 Å². The van der Waals surface area contributed by atoms with Crippen molar-refractivity contribution in [2.45, 2.75) is 78.6 Å². The summed E-state index contributed by atoms with van der Waals surface area (Å²) in [6, 6.07) is 1.66. The number of hydrogen-bond acceptors (Lipinski definition) is 2. The largest absolute Gasteiger partial charge is 0.393 e. The van der Waals surface area contributed by atoms with E-state index in [9.17, 15) is 5.11 Å². The van der Waals surface area contributed by atoms with E-state index < -0.39 is 0 Å². The Bertz CT molecular complexity index is 135. The van der Waals surface area contributed by atoms with Crippen LogP contribution in [0.1, 0.15) is 54.4 Å². The highest BCUT2D eigenvalue weighted by Crippen LogP contribution is 2.24. The van der Waals surface area contributed by atoms with Crippen LogP contribution >= 0.6 is 0 Å².